The average Bonchev–Trinajstić information content (AvgIpc) is 2.95. The molecule has 1 N–H and O–H groups in total. The Kier molecular flexibility index (Phi) is 5.45. The second-order valence-corrected chi connectivity index (χ2v) is 7.02. The van der Waals surface area contributed by atoms with Crippen molar-refractivity contribution in [3.05, 3.63) is 35.4 Å². The molecule has 2 nitrogen and oxygen atoms in total. The number of benzene rings is 1. The summed E-state index contributed by atoms with van der Waals surface area (Å²) in [5.74, 6) is 0.603. The second-order valence-electron chi connectivity index (χ2n) is 7.02. The molecule has 2 rings (SSSR count). The van der Waals surface area contributed by atoms with Gasteiger partial charge in [-0.15, -0.1) is 0 Å². The Bertz CT molecular complexity index is 427. The van der Waals surface area contributed by atoms with E-state index in [-0.39, 0.29) is 5.54 Å². The number of rotatable bonds is 6. The Morgan fingerprint density at radius 2 is 1.57 bits per heavy atom. The molecule has 0 bridgehead atoms. The monoisotopic (exact) mass is 288 g/mol. The number of nitrogens with one attached hydrogen (secondary N) is 1. The van der Waals surface area contributed by atoms with Gasteiger partial charge < -0.3 is 10.2 Å². The van der Waals surface area contributed by atoms with Crippen LogP contribution in [0.5, 0.6) is 0 Å². The van der Waals surface area contributed by atoms with E-state index < -0.39 is 0 Å². The third kappa shape index (κ3) is 3.32. The van der Waals surface area contributed by atoms with Crippen LogP contribution in [0, 0.1) is 0 Å². The van der Waals surface area contributed by atoms with E-state index in [4.69, 9.17) is 0 Å². The zero-order valence-electron chi connectivity index (χ0n) is 14.4. The van der Waals surface area contributed by atoms with Crippen LogP contribution in [0.15, 0.2) is 24.3 Å². The van der Waals surface area contributed by atoms with Crippen LogP contribution in [0.2, 0.25) is 0 Å². The summed E-state index contributed by atoms with van der Waals surface area (Å²) in [4.78, 5) is 2.46. The second kappa shape index (κ2) is 6.93. The van der Waals surface area contributed by atoms with Crippen molar-refractivity contribution in [3.63, 3.8) is 0 Å². The molecule has 1 atom stereocenters. The van der Waals surface area contributed by atoms with Gasteiger partial charge in [-0.3, -0.25) is 0 Å². The SMILES string of the molecule is CCNC(c1ccc(C(C)C)cc1)C1(N(C)C)CCCC1. The molecule has 21 heavy (non-hydrogen) atoms. The lowest BCUT2D eigenvalue weighted by Crippen LogP contribution is -2.52. The summed E-state index contributed by atoms with van der Waals surface area (Å²) in [7, 11) is 4.50. The maximum absolute atomic E-state index is 3.77. The van der Waals surface area contributed by atoms with Crippen molar-refractivity contribution < 1.29 is 0 Å². The molecule has 0 heterocycles. The van der Waals surface area contributed by atoms with E-state index in [1.165, 1.54) is 36.8 Å². The maximum Gasteiger partial charge on any atom is 0.0506 e. The van der Waals surface area contributed by atoms with Gasteiger partial charge in [-0.05, 0) is 50.5 Å². The predicted molar refractivity (Wildman–Crippen MR) is 91.8 cm³/mol. The van der Waals surface area contributed by atoms with Gasteiger partial charge in [0.2, 0.25) is 0 Å². The molecule has 1 aromatic rings. The number of likely N-dealkylation sites (N-methyl/N-ethyl adjacent to an activating group) is 2. The summed E-state index contributed by atoms with van der Waals surface area (Å²) < 4.78 is 0. The molecule has 0 aromatic heterocycles. The van der Waals surface area contributed by atoms with Gasteiger partial charge in [0, 0.05) is 5.54 Å². The highest BCUT2D eigenvalue weighted by atomic mass is 15.2. The molecule has 118 valence electrons. The zero-order valence-corrected chi connectivity index (χ0v) is 14.4. The highest BCUT2D eigenvalue weighted by molar-refractivity contribution is 5.29. The Morgan fingerprint density at radius 3 is 2.00 bits per heavy atom. The molecule has 0 radical (unpaired) electrons. The topological polar surface area (TPSA) is 15.3 Å². The maximum atomic E-state index is 3.77. The van der Waals surface area contributed by atoms with E-state index in [1.807, 2.05) is 0 Å². The molecule has 1 aromatic carbocycles. The van der Waals surface area contributed by atoms with E-state index in [1.54, 1.807) is 0 Å². The smallest absolute Gasteiger partial charge is 0.0506 e. The van der Waals surface area contributed by atoms with Crippen LogP contribution in [0.25, 0.3) is 0 Å². The Balaban J connectivity index is 2.33. The van der Waals surface area contributed by atoms with Gasteiger partial charge in [0.1, 0.15) is 0 Å². The van der Waals surface area contributed by atoms with Gasteiger partial charge in [-0.1, -0.05) is 57.9 Å². The summed E-state index contributed by atoms with van der Waals surface area (Å²) >= 11 is 0. The van der Waals surface area contributed by atoms with Crippen molar-refractivity contribution >= 4 is 0 Å². The minimum Gasteiger partial charge on any atom is -0.309 e. The lowest BCUT2D eigenvalue weighted by molar-refractivity contribution is 0.105. The van der Waals surface area contributed by atoms with Crippen molar-refractivity contribution in [2.75, 3.05) is 20.6 Å². The first-order valence-corrected chi connectivity index (χ1v) is 8.52. The van der Waals surface area contributed by atoms with Crippen molar-refractivity contribution in [2.24, 2.45) is 0 Å². The summed E-state index contributed by atoms with van der Waals surface area (Å²) in [5, 5.41) is 3.77. The Hall–Kier alpha value is -0.860. The van der Waals surface area contributed by atoms with E-state index in [2.05, 4.69) is 69.3 Å². The Labute approximate surface area is 130 Å². The highest BCUT2D eigenvalue weighted by Gasteiger charge is 2.43. The van der Waals surface area contributed by atoms with Gasteiger partial charge in [0.25, 0.3) is 0 Å². The fourth-order valence-corrected chi connectivity index (χ4v) is 3.88. The molecule has 1 aliphatic rings. The predicted octanol–water partition coefficient (Wildman–Crippen LogP) is 4.34. The van der Waals surface area contributed by atoms with Crippen molar-refractivity contribution in [3.8, 4) is 0 Å². The summed E-state index contributed by atoms with van der Waals surface area (Å²) in [6.45, 7) is 7.75. The molecule has 0 amide bonds. The quantitative estimate of drug-likeness (QED) is 0.838. The van der Waals surface area contributed by atoms with Crippen molar-refractivity contribution in [2.45, 2.75) is 64.0 Å². The minimum atomic E-state index is 0.273. The van der Waals surface area contributed by atoms with Crippen LogP contribution in [0.4, 0.5) is 0 Å². The number of hydrogen-bond acceptors (Lipinski definition) is 2. The fraction of sp³-hybridized carbons (Fsp3) is 0.684. The molecule has 1 saturated carbocycles. The minimum absolute atomic E-state index is 0.273. The summed E-state index contributed by atoms with van der Waals surface area (Å²) in [6.07, 6.45) is 5.29. The van der Waals surface area contributed by atoms with Crippen LogP contribution >= 0.6 is 0 Å². The normalized spacial score (nSPS) is 19.4. The van der Waals surface area contributed by atoms with Crippen LogP contribution in [-0.2, 0) is 0 Å². The molecule has 1 unspecified atom stereocenters. The summed E-state index contributed by atoms with van der Waals surface area (Å²) in [6, 6.07) is 9.73. The molecule has 2 heteroatoms. The largest absolute Gasteiger partial charge is 0.309 e. The van der Waals surface area contributed by atoms with Gasteiger partial charge in [0.15, 0.2) is 0 Å². The van der Waals surface area contributed by atoms with E-state index in [0.717, 1.165) is 6.54 Å². The third-order valence-corrected chi connectivity index (χ3v) is 5.24. The van der Waals surface area contributed by atoms with Crippen LogP contribution in [-0.4, -0.2) is 31.1 Å². The standard InChI is InChI=1S/C19H32N2/c1-6-20-18(19(21(4)5)13-7-8-14-19)17-11-9-16(10-12-17)15(2)3/h9-12,15,18,20H,6-8,13-14H2,1-5H3. The molecule has 0 spiro atoms. The average molecular weight is 288 g/mol. The molecular weight excluding hydrogens is 256 g/mol. The van der Waals surface area contributed by atoms with Gasteiger partial charge in [-0.25, -0.2) is 0 Å². The summed E-state index contributed by atoms with van der Waals surface area (Å²) in [5.41, 5.74) is 3.14. The first kappa shape index (κ1) is 16.5. The molecular formula is C19H32N2. The van der Waals surface area contributed by atoms with Crippen molar-refractivity contribution in [1.29, 1.82) is 0 Å². The number of hydrogen-bond donors (Lipinski definition) is 1. The zero-order chi connectivity index (χ0) is 15.5. The molecule has 1 aliphatic carbocycles. The van der Waals surface area contributed by atoms with E-state index in [0.29, 0.717) is 12.0 Å². The molecule has 1 fully saturated rings. The van der Waals surface area contributed by atoms with Crippen molar-refractivity contribution in [1.82, 2.24) is 10.2 Å². The van der Waals surface area contributed by atoms with Gasteiger partial charge in [-0.2, -0.15) is 0 Å². The fourth-order valence-electron chi connectivity index (χ4n) is 3.88. The number of nitrogens with zero attached hydrogens (tertiary/aromatic N) is 1. The Morgan fingerprint density at radius 1 is 1.05 bits per heavy atom. The van der Waals surface area contributed by atoms with E-state index >= 15 is 0 Å². The van der Waals surface area contributed by atoms with Crippen LogP contribution < -0.4 is 5.32 Å². The molecule has 0 aliphatic heterocycles. The van der Waals surface area contributed by atoms with Crippen LogP contribution in [0.3, 0.4) is 0 Å². The highest BCUT2D eigenvalue weighted by Crippen LogP contribution is 2.43. The molecule has 0 saturated heterocycles. The van der Waals surface area contributed by atoms with Crippen LogP contribution in [0.1, 0.15) is 69.5 Å². The van der Waals surface area contributed by atoms with E-state index in [9.17, 15) is 0 Å². The van der Waals surface area contributed by atoms with Gasteiger partial charge >= 0.3 is 0 Å². The third-order valence-electron chi connectivity index (χ3n) is 5.24. The lowest BCUT2D eigenvalue weighted by atomic mass is 9.82. The first-order valence-electron chi connectivity index (χ1n) is 8.52. The lowest BCUT2D eigenvalue weighted by Gasteiger charge is -2.44. The first-order chi connectivity index (χ1) is 10.0. The van der Waals surface area contributed by atoms with Gasteiger partial charge in [0.05, 0.1) is 6.04 Å².